The molecular weight excluding hydrogens is 212 g/mol. The lowest BCUT2D eigenvalue weighted by atomic mass is 10.3. The summed E-state index contributed by atoms with van der Waals surface area (Å²) < 4.78 is 2.14. The highest BCUT2D eigenvalue weighted by atomic mass is 15.3. The number of hydrogen-bond donors (Lipinski definition) is 1. The normalized spacial score (nSPS) is 16.1. The molecule has 1 aliphatic rings. The van der Waals surface area contributed by atoms with Crippen molar-refractivity contribution in [2.45, 2.75) is 0 Å². The van der Waals surface area contributed by atoms with Crippen LogP contribution in [0, 0.1) is 0 Å². The lowest BCUT2D eigenvalue weighted by Gasteiger charge is -2.28. The Hall–Kier alpha value is -1.81. The van der Waals surface area contributed by atoms with Gasteiger partial charge in [0.1, 0.15) is 0 Å². The van der Waals surface area contributed by atoms with Gasteiger partial charge in [-0.15, -0.1) is 0 Å². The highest BCUT2D eigenvalue weighted by Crippen LogP contribution is 2.18. The molecule has 0 amide bonds. The van der Waals surface area contributed by atoms with Crippen LogP contribution in [0.1, 0.15) is 0 Å². The Bertz CT molecular complexity index is 471. The minimum atomic E-state index is 1.02. The van der Waals surface area contributed by atoms with Crippen molar-refractivity contribution in [1.29, 1.82) is 0 Å². The van der Waals surface area contributed by atoms with E-state index in [-0.39, 0.29) is 0 Å². The summed E-state index contributed by atoms with van der Waals surface area (Å²) in [6.07, 6.45) is 3.89. The Labute approximate surface area is 101 Å². The summed E-state index contributed by atoms with van der Waals surface area (Å²) in [4.78, 5) is 6.80. The number of nitrogens with zero attached hydrogens (tertiary/aromatic N) is 3. The van der Waals surface area contributed by atoms with E-state index >= 15 is 0 Å². The number of imidazole rings is 1. The summed E-state index contributed by atoms with van der Waals surface area (Å²) in [5.74, 6) is 1.04. The van der Waals surface area contributed by atoms with Crippen LogP contribution in [0.15, 0.2) is 42.7 Å². The lowest BCUT2D eigenvalue weighted by molar-refractivity contribution is 0.577. The Balaban J connectivity index is 1.93. The van der Waals surface area contributed by atoms with Crippen LogP contribution in [-0.2, 0) is 0 Å². The van der Waals surface area contributed by atoms with Crippen LogP contribution in [0.5, 0.6) is 0 Å². The first-order valence-corrected chi connectivity index (χ1v) is 5.99. The monoisotopic (exact) mass is 228 g/mol. The first-order chi connectivity index (χ1) is 8.45. The smallest absolute Gasteiger partial charge is 0.210 e. The predicted molar refractivity (Wildman–Crippen MR) is 68.6 cm³/mol. The van der Waals surface area contributed by atoms with Gasteiger partial charge in [0, 0.05) is 44.3 Å². The van der Waals surface area contributed by atoms with Gasteiger partial charge in [0.15, 0.2) is 0 Å². The third-order valence-corrected chi connectivity index (χ3v) is 3.06. The second-order valence-electron chi connectivity index (χ2n) is 4.17. The fourth-order valence-electron chi connectivity index (χ4n) is 2.18. The highest BCUT2D eigenvalue weighted by Gasteiger charge is 2.15. The second kappa shape index (κ2) is 4.59. The molecule has 1 aromatic heterocycles. The molecule has 1 saturated heterocycles. The largest absolute Gasteiger partial charge is 0.339 e. The zero-order valence-electron chi connectivity index (χ0n) is 9.71. The molecule has 0 atom stereocenters. The van der Waals surface area contributed by atoms with Crippen molar-refractivity contribution in [3.63, 3.8) is 0 Å². The standard InChI is InChI=1S/C13H16N4/c1-2-4-12(5-3-1)17-11-8-15-13(17)16-9-6-14-7-10-16/h1-5,8,11,14H,6-7,9-10H2. The Kier molecular flexibility index (Phi) is 2.80. The van der Waals surface area contributed by atoms with E-state index in [0.29, 0.717) is 0 Å². The molecule has 0 saturated carbocycles. The summed E-state index contributed by atoms with van der Waals surface area (Å²) in [5, 5.41) is 3.36. The number of aromatic nitrogens is 2. The second-order valence-corrected chi connectivity index (χ2v) is 4.17. The molecule has 2 heterocycles. The Morgan fingerprint density at radius 3 is 2.59 bits per heavy atom. The van der Waals surface area contributed by atoms with Crippen molar-refractivity contribution in [2.75, 3.05) is 31.1 Å². The minimum absolute atomic E-state index is 1.02. The number of para-hydroxylation sites is 1. The molecule has 1 aromatic carbocycles. The lowest BCUT2D eigenvalue weighted by Crippen LogP contribution is -2.44. The molecule has 1 fully saturated rings. The summed E-state index contributed by atoms with van der Waals surface area (Å²) in [5.41, 5.74) is 1.17. The van der Waals surface area contributed by atoms with Crippen LogP contribution in [0.2, 0.25) is 0 Å². The Morgan fingerprint density at radius 2 is 1.82 bits per heavy atom. The first-order valence-electron chi connectivity index (χ1n) is 5.99. The molecule has 4 heteroatoms. The number of piperazine rings is 1. The van der Waals surface area contributed by atoms with Crippen molar-refractivity contribution in [2.24, 2.45) is 0 Å². The van der Waals surface area contributed by atoms with Crippen LogP contribution in [-0.4, -0.2) is 35.7 Å². The van der Waals surface area contributed by atoms with Gasteiger partial charge < -0.3 is 10.2 Å². The maximum Gasteiger partial charge on any atom is 0.210 e. The van der Waals surface area contributed by atoms with E-state index in [9.17, 15) is 0 Å². The fraction of sp³-hybridized carbons (Fsp3) is 0.308. The van der Waals surface area contributed by atoms with Crippen molar-refractivity contribution in [3.8, 4) is 5.69 Å². The number of rotatable bonds is 2. The van der Waals surface area contributed by atoms with E-state index < -0.39 is 0 Å². The SMILES string of the molecule is c1ccc(-n2ccnc2N2CCNCC2)cc1. The number of anilines is 1. The molecule has 4 nitrogen and oxygen atoms in total. The zero-order valence-corrected chi connectivity index (χ0v) is 9.71. The molecule has 0 radical (unpaired) electrons. The maximum atomic E-state index is 4.48. The molecule has 0 unspecified atom stereocenters. The molecule has 3 rings (SSSR count). The van der Waals surface area contributed by atoms with Gasteiger partial charge in [-0.25, -0.2) is 4.98 Å². The third-order valence-electron chi connectivity index (χ3n) is 3.06. The minimum Gasteiger partial charge on any atom is -0.339 e. The number of hydrogen-bond acceptors (Lipinski definition) is 3. The molecule has 1 N–H and O–H groups in total. The predicted octanol–water partition coefficient (Wildman–Crippen LogP) is 1.28. The Morgan fingerprint density at radius 1 is 1.06 bits per heavy atom. The molecule has 0 bridgehead atoms. The number of nitrogens with one attached hydrogen (secondary N) is 1. The highest BCUT2D eigenvalue weighted by molar-refractivity contribution is 5.43. The molecule has 0 aliphatic carbocycles. The van der Waals surface area contributed by atoms with E-state index in [1.54, 1.807) is 0 Å². The topological polar surface area (TPSA) is 33.1 Å². The molecule has 2 aromatic rings. The van der Waals surface area contributed by atoms with Gasteiger partial charge in [0.2, 0.25) is 5.95 Å². The molecule has 1 aliphatic heterocycles. The van der Waals surface area contributed by atoms with E-state index in [2.05, 4.69) is 44.0 Å². The van der Waals surface area contributed by atoms with Crippen LogP contribution >= 0.6 is 0 Å². The zero-order chi connectivity index (χ0) is 11.5. The van der Waals surface area contributed by atoms with Crippen LogP contribution in [0.3, 0.4) is 0 Å². The van der Waals surface area contributed by atoms with E-state index in [4.69, 9.17) is 0 Å². The van der Waals surface area contributed by atoms with Crippen LogP contribution in [0.4, 0.5) is 5.95 Å². The van der Waals surface area contributed by atoms with Crippen molar-refractivity contribution >= 4 is 5.95 Å². The van der Waals surface area contributed by atoms with Gasteiger partial charge in [-0.05, 0) is 12.1 Å². The van der Waals surface area contributed by atoms with Crippen molar-refractivity contribution in [3.05, 3.63) is 42.7 Å². The van der Waals surface area contributed by atoms with Crippen molar-refractivity contribution < 1.29 is 0 Å². The van der Waals surface area contributed by atoms with Gasteiger partial charge in [-0.1, -0.05) is 18.2 Å². The summed E-state index contributed by atoms with van der Waals surface area (Å²) in [7, 11) is 0. The first kappa shape index (κ1) is 10.4. The van der Waals surface area contributed by atoms with Gasteiger partial charge >= 0.3 is 0 Å². The van der Waals surface area contributed by atoms with Crippen LogP contribution < -0.4 is 10.2 Å². The fourth-order valence-corrected chi connectivity index (χ4v) is 2.18. The maximum absolute atomic E-state index is 4.48. The third kappa shape index (κ3) is 2.03. The molecule has 17 heavy (non-hydrogen) atoms. The quantitative estimate of drug-likeness (QED) is 0.840. The summed E-state index contributed by atoms with van der Waals surface area (Å²) >= 11 is 0. The number of benzene rings is 1. The average Bonchev–Trinajstić information content (AvgIpc) is 2.90. The summed E-state index contributed by atoms with van der Waals surface area (Å²) in [6, 6.07) is 10.3. The van der Waals surface area contributed by atoms with Gasteiger partial charge in [0.05, 0.1) is 0 Å². The average molecular weight is 228 g/mol. The molecule has 88 valence electrons. The van der Waals surface area contributed by atoms with Gasteiger partial charge in [-0.3, -0.25) is 4.57 Å². The molecular formula is C13H16N4. The van der Waals surface area contributed by atoms with E-state index in [1.165, 1.54) is 5.69 Å². The van der Waals surface area contributed by atoms with Crippen LogP contribution in [0.25, 0.3) is 5.69 Å². The van der Waals surface area contributed by atoms with E-state index in [0.717, 1.165) is 32.1 Å². The van der Waals surface area contributed by atoms with Gasteiger partial charge in [-0.2, -0.15) is 0 Å². The molecule has 0 spiro atoms. The van der Waals surface area contributed by atoms with E-state index in [1.807, 2.05) is 18.5 Å². The summed E-state index contributed by atoms with van der Waals surface area (Å²) in [6.45, 7) is 4.09. The van der Waals surface area contributed by atoms with Gasteiger partial charge in [0.25, 0.3) is 0 Å². The van der Waals surface area contributed by atoms with Crippen molar-refractivity contribution in [1.82, 2.24) is 14.9 Å².